The van der Waals surface area contributed by atoms with Gasteiger partial charge in [-0.05, 0) is 73.0 Å². The lowest BCUT2D eigenvalue weighted by Gasteiger charge is -2.11. The van der Waals surface area contributed by atoms with Gasteiger partial charge in [-0.1, -0.05) is 60.2 Å². The SMILES string of the molecule is CCOc1cc(/C=N/NC(=O)COc2ccc(-c3ccccc3)cc2)ccc1OC(=O)c1ccc(C)cc1. The van der Waals surface area contributed by atoms with Crippen molar-refractivity contribution in [1.29, 1.82) is 0 Å². The quantitative estimate of drug-likeness (QED) is 0.126. The van der Waals surface area contributed by atoms with Crippen molar-refractivity contribution in [2.75, 3.05) is 13.2 Å². The first kappa shape index (κ1) is 26.2. The molecule has 0 saturated heterocycles. The largest absolute Gasteiger partial charge is 0.490 e. The standard InChI is InChI=1S/C31H28N2O5/c1-3-36-29-19-23(11-18-28(29)38-31(35)26-12-9-22(2)10-13-26)20-32-33-30(34)21-37-27-16-14-25(15-17-27)24-7-5-4-6-8-24/h4-20H,3,21H2,1-2H3,(H,33,34)/b32-20+. The Morgan fingerprint density at radius 3 is 2.24 bits per heavy atom. The zero-order valence-electron chi connectivity index (χ0n) is 21.2. The molecular formula is C31H28N2O5. The molecule has 4 aromatic rings. The lowest BCUT2D eigenvalue weighted by Crippen LogP contribution is -2.24. The number of ether oxygens (including phenoxy) is 3. The molecule has 0 bridgehead atoms. The van der Waals surface area contributed by atoms with Gasteiger partial charge in [0.25, 0.3) is 5.91 Å². The fourth-order valence-electron chi connectivity index (χ4n) is 3.54. The number of hydrogen-bond donors (Lipinski definition) is 1. The molecule has 0 aromatic heterocycles. The first-order valence-electron chi connectivity index (χ1n) is 12.2. The molecule has 0 aliphatic rings. The van der Waals surface area contributed by atoms with E-state index in [0.717, 1.165) is 16.7 Å². The Morgan fingerprint density at radius 1 is 0.816 bits per heavy atom. The maximum atomic E-state index is 12.5. The predicted octanol–water partition coefficient (Wildman–Crippen LogP) is 5.81. The Balaban J connectivity index is 1.30. The number of hydrazone groups is 1. The third-order valence-electron chi connectivity index (χ3n) is 5.49. The summed E-state index contributed by atoms with van der Waals surface area (Å²) >= 11 is 0. The molecule has 1 amide bonds. The van der Waals surface area contributed by atoms with Crippen LogP contribution in [0.15, 0.2) is 102 Å². The number of amides is 1. The topological polar surface area (TPSA) is 86.2 Å². The molecule has 1 N–H and O–H groups in total. The molecule has 0 spiro atoms. The molecule has 4 aromatic carbocycles. The van der Waals surface area contributed by atoms with Crippen LogP contribution < -0.4 is 19.6 Å². The van der Waals surface area contributed by atoms with Gasteiger partial charge in [-0.2, -0.15) is 5.10 Å². The average molecular weight is 509 g/mol. The van der Waals surface area contributed by atoms with Gasteiger partial charge in [0.05, 0.1) is 18.4 Å². The van der Waals surface area contributed by atoms with Gasteiger partial charge in [-0.3, -0.25) is 4.79 Å². The van der Waals surface area contributed by atoms with E-state index in [1.807, 2.05) is 80.6 Å². The molecule has 7 heteroatoms. The molecule has 0 unspecified atom stereocenters. The Hall–Kier alpha value is -4.91. The highest BCUT2D eigenvalue weighted by molar-refractivity contribution is 5.91. The maximum Gasteiger partial charge on any atom is 0.343 e. The number of benzene rings is 4. The molecule has 0 heterocycles. The second kappa shape index (κ2) is 12.9. The van der Waals surface area contributed by atoms with Crippen LogP contribution in [0.4, 0.5) is 0 Å². The molecule has 4 rings (SSSR count). The summed E-state index contributed by atoms with van der Waals surface area (Å²) in [7, 11) is 0. The van der Waals surface area contributed by atoms with Crippen LogP contribution in [0.25, 0.3) is 11.1 Å². The summed E-state index contributed by atoms with van der Waals surface area (Å²) in [6.45, 7) is 3.99. The fourth-order valence-corrected chi connectivity index (χ4v) is 3.54. The van der Waals surface area contributed by atoms with E-state index < -0.39 is 11.9 Å². The van der Waals surface area contributed by atoms with Crippen molar-refractivity contribution < 1.29 is 23.8 Å². The predicted molar refractivity (Wildman–Crippen MR) is 147 cm³/mol. The highest BCUT2D eigenvalue weighted by Gasteiger charge is 2.13. The highest BCUT2D eigenvalue weighted by Crippen LogP contribution is 2.29. The number of esters is 1. The van der Waals surface area contributed by atoms with Crippen molar-refractivity contribution >= 4 is 18.1 Å². The second-order valence-corrected chi connectivity index (χ2v) is 8.37. The smallest absolute Gasteiger partial charge is 0.343 e. The number of nitrogens with one attached hydrogen (secondary N) is 1. The van der Waals surface area contributed by atoms with Crippen molar-refractivity contribution in [2.24, 2.45) is 5.10 Å². The van der Waals surface area contributed by atoms with Gasteiger partial charge >= 0.3 is 5.97 Å². The average Bonchev–Trinajstić information content (AvgIpc) is 2.94. The Kier molecular flexibility index (Phi) is 8.86. The first-order valence-corrected chi connectivity index (χ1v) is 12.2. The van der Waals surface area contributed by atoms with E-state index in [1.54, 1.807) is 30.3 Å². The van der Waals surface area contributed by atoms with Gasteiger partial charge in [0.1, 0.15) is 5.75 Å². The monoisotopic (exact) mass is 508 g/mol. The van der Waals surface area contributed by atoms with Crippen LogP contribution in [0.1, 0.15) is 28.4 Å². The van der Waals surface area contributed by atoms with E-state index in [4.69, 9.17) is 14.2 Å². The lowest BCUT2D eigenvalue weighted by atomic mass is 10.1. The van der Waals surface area contributed by atoms with Crippen molar-refractivity contribution in [3.8, 4) is 28.4 Å². The third-order valence-corrected chi connectivity index (χ3v) is 5.49. The summed E-state index contributed by atoms with van der Waals surface area (Å²) < 4.78 is 16.7. The number of nitrogens with zero attached hydrogens (tertiary/aromatic N) is 1. The van der Waals surface area contributed by atoms with Crippen molar-refractivity contribution in [1.82, 2.24) is 5.43 Å². The molecule has 0 saturated carbocycles. The van der Waals surface area contributed by atoms with Crippen molar-refractivity contribution in [3.63, 3.8) is 0 Å². The zero-order chi connectivity index (χ0) is 26.7. The summed E-state index contributed by atoms with van der Waals surface area (Å²) in [5.74, 6) is 0.396. The van der Waals surface area contributed by atoms with Gasteiger partial charge in [-0.15, -0.1) is 0 Å². The number of rotatable bonds is 10. The van der Waals surface area contributed by atoms with E-state index in [2.05, 4.69) is 10.5 Å². The van der Waals surface area contributed by atoms with Crippen LogP contribution >= 0.6 is 0 Å². The highest BCUT2D eigenvalue weighted by atomic mass is 16.6. The Morgan fingerprint density at radius 2 is 1.53 bits per heavy atom. The first-order chi connectivity index (χ1) is 18.5. The van der Waals surface area contributed by atoms with E-state index in [-0.39, 0.29) is 6.61 Å². The third kappa shape index (κ3) is 7.30. The van der Waals surface area contributed by atoms with Crippen molar-refractivity contribution in [3.05, 3.63) is 114 Å². The number of hydrogen-bond acceptors (Lipinski definition) is 6. The molecule has 38 heavy (non-hydrogen) atoms. The summed E-state index contributed by atoms with van der Waals surface area (Å²) in [6, 6.07) is 29.7. The van der Waals surface area contributed by atoms with Gasteiger partial charge in [-0.25, -0.2) is 10.2 Å². The summed E-state index contributed by atoms with van der Waals surface area (Å²) in [5, 5.41) is 3.99. The van der Waals surface area contributed by atoms with Crippen molar-refractivity contribution in [2.45, 2.75) is 13.8 Å². The minimum Gasteiger partial charge on any atom is -0.490 e. The van der Waals surface area contributed by atoms with Crippen LogP contribution in [-0.4, -0.2) is 31.3 Å². The molecule has 0 aliphatic heterocycles. The molecule has 0 fully saturated rings. The van der Waals surface area contributed by atoms with E-state index in [0.29, 0.717) is 35.0 Å². The number of carbonyl (C=O) groups is 2. The number of aryl methyl sites for hydroxylation is 1. The van der Waals surface area contributed by atoms with Crippen LogP contribution in [-0.2, 0) is 4.79 Å². The molecule has 0 radical (unpaired) electrons. The summed E-state index contributed by atoms with van der Waals surface area (Å²) in [5.41, 5.74) is 6.77. The zero-order valence-corrected chi connectivity index (χ0v) is 21.2. The normalized spacial score (nSPS) is 10.7. The van der Waals surface area contributed by atoms with Gasteiger partial charge in [0.15, 0.2) is 18.1 Å². The fraction of sp³-hybridized carbons (Fsp3) is 0.129. The van der Waals surface area contributed by atoms with Crippen LogP contribution in [0.3, 0.4) is 0 Å². The summed E-state index contributed by atoms with van der Waals surface area (Å²) in [4.78, 5) is 24.7. The van der Waals surface area contributed by atoms with Crippen LogP contribution in [0, 0.1) is 6.92 Å². The molecule has 0 aliphatic carbocycles. The minimum absolute atomic E-state index is 0.180. The van der Waals surface area contributed by atoms with E-state index in [9.17, 15) is 9.59 Å². The number of carbonyl (C=O) groups excluding carboxylic acids is 2. The van der Waals surface area contributed by atoms with E-state index >= 15 is 0 Å². The minimum atomic E-state index is -0.477. The Labute approximate surface area is 221 Å². The molecule has 7 nitrogen and oxygen atoms in total. The summed E-state index contributed by atoms with van der Waals surface area (Å²) in [6.07, 6.45) is 1.47. The van der Waals surface area contributed by atoms with Gasteiger partial charge in [0, 0.05) is 0 Å². The Bertz CT molecular complexity index is 1400. The van der Waals surface area contributed by atoms with Gasteiger partial charge in [0.2, 0.25) is 0 Å². The maximum absolute atomic E-state index is 12.5. The molecule has 0 atom stereocenters. The van der Waals surface area contributed by atoms with Crippen LogP contribution in [0.2, 0.25) is 0 Å². The molecular weight excluding hydrogens is 480 g/mol. The van der Waals surface area contributed by atoms with Crippen LogP contribution in [0.5, 0.6) is 17.2 Å². The lowest BCUT2D eigenvalue weighted by molar-refractivity contribution is -0.123. The second-order valence-electron chi connectivity index (χ2n) is 8.37. The molecule has 192 valence electrons. The van der Waals surface area contributed by atoms with E-state index in [1.165, 1.54) is 6.21 Å². The van der Waals surface area contributed by atoms with Gasteiger partial charge < -0.3 is 14.2 Å².